The molecule has 2 rings (SSSR count). The molecule has 0 aromatic heterocycles. The van der Waals surface area contributed by atoms with E-state index < -0.39 is 0 Å². The smallest absolute Gasteiger partial charge is 0.308 e. The Morgan fingerprint density at radius 3 is 2.41 bits per heavy atom. The van der Waals surface area contributed by atoms with Gasteiger partial charge in [0, 0.05) is 31.2 Å². The molecule has 160 valence electrons. The van der Waals surface area contributed by atoms with Crippen LogP contribution in [-0.2, 0) is 16.1 Å². The van der Waals surface area contributed by atoms with Crippen LogP contribution in [0.5, 0.6) is 0 Å². The number of ether oxygens (including phenoxy) is 1. The summed E-state index contributed by atoms with van der Waals surface area (Å²) >= 11 is 0. The van der Waals surface area contributed by atoms with Gasteiger partial charge in [0.15, 0.2) is 5.96 Å². The quantitative estimate of drug-likeness (QED) is 0.416. The standard InChI is InChI=1S/C22H34N4O3/c1-5-16(3)25-20(27)18-9-7-17(8-10-18)15-24-22(23-6-2)26-13-11-19(12-14-26)21(28)29-4/h7-10,16,19H,5-6,11-15H2,1-4H3,(H,23,24)(H,25,27). The molecule has 1 aliphatic rings. The molecule has 7 heteroatoms. The fourth-order valence-electron chi connectivity index (χ4n) is 3.26. The number of aliphatic imine (C=N–C) groups is 1. The van der Waals surface area contributed by atoms with Crippen molar-refractivity contribution in [3.8, 4) is 0 Å². The van der Waals surface area contributed by atoms with Crippen molar-refractivity contribution in [3.05, 3.63) is 35.4 Å². The van der Waals surface area contributed by atoms with E-state index in [2.05, 4.69) is 15.5 Å². The first-order chi connectivity index (χ1) is 14.0. The number of amides is 1. The van der Waals surface area contributed by atoms with Crippen LogP contribution in [-0.4, -0.2) is 55.5 Å². The molecule has 2 N–H and O–H groups in total. The molecule has 0 spiro atoms. The van der Waals surface area contributed by atoms with Crippen LogP contribution in [0.3, 0.4) is 0 Å². The third-order valence-electron chi connectivity index (χ3n) is 5.28. The Balaban J connectivity index is 1.96. The van der Waals surface area contributed by atoms with Crippen molar-refractivity contribution in [1.82, 2.24) is 15.5 Å². The minimum atomic E-state index is -0.121. The highest BCUT2D eigenvalue weighted by atomic mass is 16.5. The summed E-state index contributed by atoms with van der Waals surface area (Å²) in [6.45, 7) is 8.96. The van der Waals surface area contributed by atoms with Gasteiger partial charge in [-0.1, -0.05) is 19.1 Å². The molecule has 0 saturated carbocycles. The number of hydrogen-bond acceptors (Lipinski definition) is 4. The molecule has 1 atom stereocenters. The van der Waals surface area contributed by atoms with Gasteiger partial charge in [-0.25, -0.2) is 4.99 Å². The summed E-state index contributed by atoms with van der Waals surface area (Å²) < 4.78 is 4.86. The minimum absolute atomic E-state index is 0.0201. The van der Waals surface area contributed by atoms with Crippen molar-refractivity contribution in [2.24, 2.45) is 10.9 Å². The van der Waals surface area contributed by atoms with Gasteiger partial charge in [-0.2, -0.15) is 0 Å². The first-order valence-electron chi connectivity index (χ1n) is 10.5. The summed E-state index contributed by atoms with van der Waals surface area (Å²) in [6, 6.07) is 7.75. The lowest BCUT2D eigenvalue weighted by Crippen LogP contribution is -2.46. The van der Waals surface area contributed by atoms with E-state index in [1.807, 2.05) is 45.0 Å². The summed E-state index contributed by atoms with van der Waals surface area (Å²) in [5, 5.41) is 6.31. The number of guanidine groups is 1. The molecule has 1 fully saturated rings. The zero-order valence-electron chi connectivity index (χ0n) is 18.0. The van der Waals surface area contributed by atoms with Crippen LogP contribution in [0.1, 0.15) is 56.0 Å². The highest BCUT2D eigenvalue weighted by Gasteiger charge is 2.26. The van der Waals surface area contributed by atoms with Crippen molar-refractivity contribution < 1.29 is 14.3 Å². The molecular weight excluding hydrogens is 368 g/mol. The number of methoxy groups -OCH3 is 1. The van der Waals surface area contributed by atoms with Crippen LogP contribution < -0.4 is 10.6 Å². The Morgan fingerprint density at radius 2 is 1.86 bits per heavy atom. The maximum Gasteiger partial charge on any atom is 0.308 e. The molecule has 0 bridgehead atoms. The monoisotopic (exact) mass is 402 g/mol. The van der Waals surface area contributed by atoms with Crippen molar-refractivity contribution in [1.29, 1.82) is 0 Å². The van der Waals surface area contributed by atoms with Gasteiger partial charge < -0.3 is 20.3 Å². The predicted octanol–water partition coefficient (Wildman–Crippen LogP) is 2.57. The Morgan fingerprint density at radius 1 is 1.21 bits per heavy atom. The highest BCUT2D eigenvalue weighted by molar-refractivity contribution is 5.94. The average Bonchev–Trinajstić information content (AvgIpc) is 2.76. The van der Waals surface area contributed by atoms with Crippen LogP contribution in [0.4, 0.5) is 0 Å². The van der Waals surface area contributed by atoms with Gasteiger partial charge in [-0.3, -0.25) is 9.59 Å². The molecule has 1 unspecified atom stereocenters. The Labute approximate surface area is 173 Å². The summed E-state index contributed by atoms with van der Waals surface area (Å²) in [7, 11) is 1.44. The van der Waals surface area contributed by atoms with Crippen molar-refractivity contribution in [2.45, 2.75) is 52.6 Å². The minimum Gasteiger partial charge on any atom is -0.469 e. The molecule has 29 heavy (non-hydrogen) atoms. The van der Waals surface area contributed by atoms with E-state index in [9.17, 15) is 9.59 Å². The van der Waals surface area contributed by atoms with Crippen LogP contribution in [0.15, 0.2) is 29.3 Å². The Bertz CT molecular complexity index is 695. The SMILES string of the molecule is CCNC(=NCc1ccc(C(=O)NC(C)CC)cc1)N1CCC(C(=O)OC)CC1. The Hall–Kier alpha value is -2.57. The molecule has 1 heterocycles. The molecule has 0 aliphatic carbocycles. The van der Waals surface area contributed by atoms with Gasteiger partial charge in [-0.05, 0) is 50.8 Å². The number of carbonyl (C=O) groups excluding carboxylic acids is 2. The van der Waals surface area contributed by atoms with Crippen LogP contribution >= 0.6 is 0 Å². The second kappa shape index (κ2) is 11.4. The van der Waals surface area contributed by atoms with E-state index in [0.29, 0.717) is 12.1 Å². The highest BCUT2D eigenvalue weighted by Crippen LogP contribution is 2.18. The summed E-state index contributed by atoms with van der Waals surface area (Å²) in [6.07, 6.45) is 2.46. The molecule has 7 nitrogen and oxygen atoms in total. The van der Waals surface area contributed by atoms with E-state index >= 15 is 0 Å². The van der Waals surface area contributed by atoms with E-state index in [4.69, 9.17) is 9.73 Å². The number of piperidine rings is 1. The first kappa shape index (κ1) is 22.7. The van der Waals surface area contributed by atoms with E-state index in [1.165, 1.54) is 7.11 Å². The number of nitrogens with zero attached hydrogens (tertiary/aromatic N) is 2. The lowest BCUT2D eigenvalue weighted by molar-refractivity contribution is -0.146. The number of benzene rings is 1. The third-order valence-corrected chi connectivity index (χ3v) is 5.28. The third kappa shape index (κ3) is 6.76. The predicted molar refractivity (Wildman–Crippen MR) is 115 cm³/mol. The van der Waals surface area contributed by atoms with Gasteiger partial charge in [0.05, 0.1) is 19.6 Å². The fourth-order valence-corrected chi connectivity index (χ4v) is 3.26. The first-order valence-corrected chi connectivity index (χ1v) is 10.5. The van der Waals surface area contributed by atoms with Crippen LogP contribution in [0.2, 0.25) is 0 Å². The molecule has 1 aliphatic heterocycles. The molecule has 1 amide bonds. The van der Waals surface area contributed by atoms with Crippen LogP contribution in [0.25, 0.3) is 0 Å². The normalized spacial score (nSPS) is 16.3. The molecule has 1 saturated heterocycles. The molecule has 1 aromatic rings. The lowest BCUT2D eigenvalue weighted by atomic mass is 9.97. The number of esters is 1. The number of rotatable bonds is 7. The van der Waals surface area contributed by atoms with Crippen molar-refractivity contribution in [2.75, 3.05) is 26.7 Å². The second-order valence-electron chi connectivity index (χ2n) is 7.43. The topological polar surface area (TPSA) is 83.0 Å². The number of likely N-dealkylation sites (tertiary alicyclic amines) is 1. The molecule has 1 aromatic carbocycles. The maximum atomic E-state index is 12.2. The summed E-state index contributed by atoms with van der Waals surface area (Å²) in [5.41, 5.74) is 1.71. The zero-order valence-corrected chi connectivity index (χ0v) is 18.0. The average molecular weight is 403 g/mol. The number of carbonyl (C=O) groups is 2. The second-order valence-corrected chi connectivity index (χ2v) is 7.43. The zero-order chi connectivity index (χ0) is 21.2. The van der Waals surface area contributed by atoms with Gasteiger partial charge in [0.2, 0.25) is 0 Å². The van der Waals surface area contributed by atoms with Crippen molar-refractivity contribution in [3.63, 3.8) is 0 Å². The number of hydrogen-bond donors (Lipinski definition) is 2. The summed E-state index contributed by atoms with van der Waals surface area (Å²) in [5.74, 6) is 0.669. The van der Waals surface area contributed by atoms with Gasteiger partial charge >= 0.3 is 5.97 Å². The van der Waals surface area contributed by atoms with Crippen LogP contribution in [0, 0.1) is 5.92 Å². The van der Waals surface area contributed by atoms with E-state index in [0.717, 1.165) is 50.4 Å². The van der Waals surface area contributed by atoms with E-state index in [1.54, 1.807) is 0 Å². The molecular formula is C22H34N4O3. The van der Waals surface area contributed by atoms with Crippen molar-refractivity contribution >= 4 is 17.8 Å². The largest absolute Gasteiger partial charge is 0.469 e. The number of nitrogens with one attached hydrogen (secondary N) is 2. The fraction of sp³-hybridized carbons (Fsp3) is 0.591. The van der Waals surface area contributed by atoms with E-state index in [-0.39, 0.29) is 23.8 Å². The lowest BCUT2D eigenvalue weighted by Gasteiger charge is -2.33. The molecule has 0 radical (unpaired) electrons. The Kier molecular flexibility index (Phi) is 8.96. The van der Waals surface area contributed by atoms with Gasteiger partial charge in [0.25, 0.3) is 5.91 Å². The van der Waals surface area contributed by atoms with Gasteiger partial charge in [-0.15, -0.1) is 0 Å². The van der Waals surface area contributed by atoms with Gasteiger partial charge in [0.1, 0.15) is 0 Å². The maximum absolute atomic E-state index is 12.2. The summed E-state index contributed by atoms with van der Waals surface area (Å²) in [4.78, 5) is 30.8.